The number of benzene rings is 1. The van der Waals surface area contributed by atoms with Crippen molar-refractivity contribution in [2.45, 2.75) is 13.5 Å². The number of aryl methyl sites for hydroxylation is 1. The molecule has 1 aromatic carbocycles. The molecule has 25 heavy (non-hydrogen) atoms. The van der Waals surface area contributed by atoms with E-state index in [0.717, 1.165) is 37.3 Å². The van der Waals surface area contributed by atoms with E-state index in [-0.39, 0.29) is 0 Å². The third kappa shape index (κ3) is 5.01. The number of sulfonamides is 1. The van der Waals surface area contributed by atoms with Crippen molar-refractivity contribution in [3.05, 3.63) is 59.5 Å². The molecule has 1 aromatic heterocycles. The fourth-order valence-corrected chi connectivity index (χ4v) is 3.99. The topological polar surface area (TPSA) is 58.4 Å². The molecule has 1 saturated heterocycles. The minimum Gasteiger partial charge on any atom is -0.336 e. The maximum absolute atomic E-state index is 12.5. The van der Waals surface area contributed by atoms with Gasteiger partial charge in [0.2, 0.25) is 10.0 Å². The van der Waals surface area contributed by atoms with Gasteiger partial charge in [0.1, 0.15) is 0 Å². The number of rotatable bonds is 6. The average molecular weight is 360 g/mol. The summed E-state index contributed by atoms with van der Waals surface area (Å²) in [7, 11) is -3.36. The Balaban J connectivity index is 1.51. The summed E-state index contributed by atoms with van der Waals surface area (Å²) in [5.41, 5.74) is 2.06. The number of imidazole rings is 1. The van der Waals surface area contributed by atoms with Gasteiger partial charge in [0.25, 0.3) is 0 Å². The first-order valence-electron chi connectivity index (χ1n) is 8.46. The van der Waals surface area contributed by atoms with Crippen molar-refractivity contribution in [3.63, 3.8) is 0 Å². The molecule has 1 aliphatic heterocycles. The Morgan fingerprint density at radius 1 is 1.08 bits per heavy atom. The van der Waals surface area contributed by atoms with E-state index in [4.69, 9.17) is 0 Å². The predicted octanol–water partition coefficient (Wildman–Crippen LogP) is 1.81. The van der Waals surface area contributed by atoms with E-state index in [0.29, 0.717) is 13.1 Å². The molecule has 0 atom stereocenters. The average Bonchev–Trinajstić information content (AvgIpc) is 3.13. The first kappa shape index (κ1) is 17.8. The van der Waals surface area contributed by atoms with Crippen LogP contribution in [0.1, 0.15) is 11.1 Å². The molecular formula is C18H24N4O2S. The maximum Gasteiger partial charge on any atom is 0.236 e. The van der Waals surface area contributed by atoms with Gasteiger partial charge < -0.3 is 4.57 Å². The second-order valence-corrected chi connectivity index (χ2v) is 8.12. The van der Waals surface area contributed by atoms with Crippen LogP contribution in [0.25, 0.3) is 6.08 Å². The van der Waals surface area contributed by atoms with E-state index in [1.807, 2.05) is 42.0 Å². The lowest BCUT2D eigenvalue weighted by molar-refractivity contribution is 0.184. The standard InChI is InChI=1S/C18H24N4O2S/c1-17-2-4-18(5-3-17)6-15-25(23,24)22-13-11-20(12-14-22)9-10-21-8-7-19-16-21/h2-8,15-16H,9-14H2,1H3. The maximum atomic E-state index is 12.5. The van der Waals surface area contributed by atoms with Gasteiger partial charge in [0.15, 0.2) is 0 Å². The molecule has 0 spiro atoms. The molecule has 6 nitrogen and oxygen atoms in total. The van der Waals surface area contributed by atoms with Gasteiger partial charge in [0, 0.05) is 57.1 Å². The van der Waals surface area contributed by atoms with Crippen LogP contribution in [0, 0.1) is 6.92 Å². The number of hydrogen-bond donors (Lipinski definition) is 0. The number of nitrogens with zero attached hydrogens (tertiary/aromatic N) is 4. The zero-order valence-corrected chi connectivity index (χ0v) is 15.3. The van der Waals surface area contributed by atoms with Crippen LogP contribution < -0.4 is 0 Å². The molecule has 0 radical (unpaired) electrons. The molecule has 2 aromatic rings. The first-order valence-corrected chi connectivity index (χ1v) is 9.96. The number of piperazine rings is 1. The molecule has 0 N–H and O–H groups in total. The van der Waals surface area contributed by atoms with Crippen molar-refractivity contribution in [3.8, 4) is 0 Å². The van der Waals surface area contributed by atoms with Crippen molar-refractivity contribution in [2.75, 3.05) is 32.7 Å². The Morgan fingerprint density at radius 3 is 2.44 bits per heavy atom. The molecule has 1 aliphatic rings. The third-order valence-electron chi connectivity index (χ3n) is 4.43. The molecule has 0 amide bonds. The van der Waals surface area contributed by atoms with Crippen LogP contribution >= 0.6 is 0 Å². The summed E-state index contributed by atoms with van der Waals surface area (Å²) in [6.45, 7) is 6.37. The highest BCUT2D eigenvalue weighted by Crippen LogP contribution is 2.12. The first-order chi connectivity index (χ1) is 12.0. The second kappa shape index (κ2) is 7.95. The Bertz CT molecular complexity index is 790. The normalized spacial score (nSPS) is 17.3. The monoisotopic (exact) mass is 360 g/mol. The summed E-state index contributed by atoms with van der Waals surface area (Å²) in [6, 6.07) is 7.81. The van der Waals surface area contributed by atoms with Crippen LogP contribution in [0.3, 0.4) is 0 Å². The Labute approximate surface area is 149 Å². The van der Waals surface area contributed by atoms with Crippen LogP contribution in [0.4, 0.5) is 0 Å². The smallest absolute Gasteiger partial charge is 0.236 e. The largest absolute Gasteiger partial charge is 0.336 e. The minimum atomic E-state index is -3.36. The van der Waals surface area contributed by atoms with Gasteiger partial charge in [-0.3, -0.25) is 4.90 Å². The molecule has 2 heterocycles. The van der Waals surface area contributed by atoms with Gasteiger partial charge in [-0.25, -0.2) is 13.4 Å². The van der Waals surface area contributed by atoms with Gasteiger partial charge in [-0.15, -0.1) is 0 Å². The molecule has 1 fully saturated rings. The molecule has 7 heteroatoms. The van der Waals surface area contributed by atoms with E-state index in [2.05, 4.69) is 9.88 Å². The quantitative estimate of drug-likeness (QED) is 0.788. The van der Waals surface area contributed by atoms with Crippen molar-refractivity contribution < 1.29 is 8.42 Å². The fourth-order valence-electron chi connectivity index (χ4n) is 2.81. The van der Waals surface area contributed by atoms with Crippen LogP contribution in [0.15, 0.2) is 48.4 Å². The zero-order valence-electron chi connectivity index (χ0n) is 14.5. The molecule has 0 unspecified atom stereocenters. The Hall–Kier alpha value is -1.96. The van der Waals surface area contributed by atoms with Crippen molar-refractivity contribution in [2.24, 2.45) is 0 Å². The number of hydrogen-bond acceptors (Lipinski definition) is 4. The summed E-state index contributed by atoms with van der Waals surface area (Å²) in [4.78, 5) is 6.32. The van der Waals surface area contributed by atoms with Crippen LogP contribution in [-0.4, -0.2) is 59.9 Å². The molecule has 0 bridgehead atoms. The van der Waals surface area contributed by atoms with Crippen molar-refractivity contribution in [1.29, 1.82) is 0 Å². The third-order valence-corrected chi connectivity index (χ3v) is 6.00. The van der Waals surface area contributed by atoms with Crippen molar-refractivity contribution in [1.82, 2.24) is 18.8 Å². The van der Waals surface area contributed by atoms with E-state index < -0.39 is 10.0 Å². The summed E-state index contributed by atoms with van der Waals surface area (Å²) >= 11 is 0. The predicted molar refractivity (Wildman–Crippen MR) is 99.4 cm³/mol. The van der Waals surface area contributed by atoms with E-state index in [1.54, 1.807) is 22.9 Å². The highest BCUT2D eigenvalue weighted by Gasteiger charge is 2.24. The van der Waals surface area contributed by atoms with Gasteiger partial charge in [-0.1, -0.05) is 29.8 Å². The fraction of sp³-hybridized carbons (Fsp3) is 0.389. The lowest BCUT2D eigenvalue weighted by Crippen LogP contribution is -2.48. The molecule has 134 valence electrons. The van der Waals surface area contributed by atoms with Gasteiger partial charge in [0.05, 0.1) is 6.33 Å². The van der Waals surface area contributed by atoms with Crippen molar-refractivity contribution >= 4 is 16.1 Å². The van der Waals surface area contributed by atoms with Crippen LogP contribution in [0.2, 0.25) is 0 Å². The summed E-state index contributed by atoms with van der Waals surface area (Å²) in [6.07, 6.45) is 7.18. The van der Waals surface area contributed by atoms with Gasteiger partial charge in [-0.05, 0) is 18.6 Å². The minimum absolute atomic E-state index is 0.532. The van der Waals surface area contributed by atoms with Gasteiger partial charge >= 0.3 is 0 Å². The molecular weight excluding hydrogens is 336 g/mol. The van der Waals surface area contributed by atoms with Crippen LogP contribution in [0.5, 0.6) is 0 Å². The molecule has 0 aliphatic carbocycles. The Kier molecular flexibility index (Phi) is 5.67. The highest BCUT2D eigenvalue weighted by molar-refractivity contribution is 7.92. The summed E-state index contributed by atoms with van der Waals surface area (Å²) in [5, 5.41) is 1.32. The highest BCUT2D eigenvalue weighted by atomic mass is 32.2. The Morgan fingerprint density at radius 2 is 1.80 bits per heavy atom. The second-order valence-electron chi connectivity index (χ2n) is 6.30. The molecule has 3 rings (SSSR count). The molecule has 0 saturated carbocycles. The van der Waals surface area contributed by atoms with Gasteiger partial charge in [-0.2, -0.15) is 4.31 Å². The zero-order chi connectivity index (χ0) is 17.7. The lowest BCUT2D eigenvalue weighted by atomic mass is 10.2. The number of aromatic nitrogens is 2. The summed E-state index contributed by atoms with van der Waals surface area (Å²) in [5.74, 6) is 0. The van der Waals surface area contributed by atoms with E-state index in [9.17, 15) is 8.42 Å². The lowest BCUT2D eigenvalue weighted by Gasteiger charge is -2.33. The van der Waals surface area contributed by atoms with E-state index in [1.165, 1.54) is 5.41 Å². The van der Waals surface area contributed by atoms with E-state index >= 15 is 0 Å². The SMILES string of the molecule is Cc1ccc(C=CS(=O)(=O)N2CCN(CCn3ccnc3)CC2)cc1. The van der Waals surface area contributed by atoms with Crippen LogP contribution in [-0.2, 0) is 16.6 Å². The summed E-state index contributed by atoms with van der Waals surface area (Å²) < 4.78 is 28.6.